The van der Waals surface area contributed by atoms with E-state index in [0.29, 0.717) is 6.04 Å². The molecule has 0 aliphatic heterocycles. The second-order valence-electron chi connectivity index (χ2n) is 3.56. The first-order valence-electron chi connectivity index (χ1n) is 5.20. The third-order valence-electron chi connectivity index (χ3n) is 2.61. The summed E-state index contributed by atoms with van der Waals surface area (Å²) in [5, 5.41) is 3.49. The van der Waals surface area contributed by atoms with E-state index >= 15 is 0 Å². The Balaban J connectivity index is 2.61. The lowest BCUT2D eigenvalue weighted by molar-refractivity contribution is 0.471. The third-order valence-corrected chi connectivity index (χ3v) is 4.61. The number of hydrogen-bond acceptors (Lipinski definition) is 2. The zero-order chi connectivity index (χ0) is 11.4. The van der Waals surface area contributed by atoms with E-state index in [1.54, 1.807) is 0 Å². The van der Waals surface area contributed by atoms with Gasteiger partial charge in [-0.2, -0.15) is 0 Å². The minimum absolute atomic E-state index is 0.583. The van der Waals surface area contributed by atoms with Crippen LogP contribution in [0.25, 0.3) is 0 Å². The maximum absolute atomic E-state index is 4.42. The molecule has 0 unspecified atom stereocenters. The summed E-state index contributed by atoms with van der Waals surface area (Å²) in [5.74, 6) is 1.04. The molecule has 0 amide bonds. The lowest BCUT2D eigenvalue weighted by Crippen LogP contribution is -2.28. The average Bonchev–Trinajstić information content (AvgIpc) is 2.48. The molecule has 0 saturated heterocycles. The Hall–Kier alpha value is 0.130. The quantitative estimate of drug-likeness (QED) is 0.893. The van der Waals surface area contributed by atoms with Crippen LogP contribution in [0.3, 0.4) is 0 Å². The Labute approximate surface area is 108 Å². The van der Waals surface area contributed by atoms with Gasteiger partial charge in [0.05, 0.1) is 6.54 Å². The summed E-state index contributed by atoms with van der Waals surface area (Å²) in [6.07, 6.45) is 2.31. The van der Waals surface area contributed by atoms with Gasteiger partial charge in [0.25, 0.3) is 0 Å². The van der Waals surface area contributed by atoms with Crippen molar-refractivity contribution < 1.29 is 0 Å². The molecule has 3 nitrogen and oxygen atoms in total. The van der Waals surface area contributed by atoms with Gasteiger partial charge in [0.1, 0.15) is 15.0 Å². The van der Waals surface area contributed by atoms with Crippen LogP contribution in [0.15, 0.2) is 9.21 Å². The second-order valence-corrected chi connectivity index (χ2v) is 5.07. The molecule has 0 aliphatic rings. The van der Waals surface area contributed by atoms with Gasteiger partial charge in [-0.3, -0.25) is 0 Å². The maximum atomic E-state index is 4.42. The summed E-state index contributed by atoms with van der Waals surface area (Å²) >= 11 is 6.87. The normalized spacial score (nSPS) is 11.3. The van der Waals surface area contributed by atoms with Gasteiger partial charge >= 0.3 is 0 Å². The van der Waals surface area contributed by atoms with Crippen LogP contribution in [-0.2, 0) is 13.6 Å². The monoisotopic (exact) mass is 337 g/mol. The zero-order valence-corrected chi connectivity index (χ0v) is 12.5. The average molecular weight is 339 g/mol. The Bertz CT molecular complexity index is 319. The summed E-state index contributed by atoms with van der Waals surface area (Å²) in [6.45, 7) is 5.21. The van der Waals surface area contributed by atoms with Crippen molar-refractivity contribution in [3.63, 3.8) is 0 Å². The van der Waals surface area contributed by atoms with Crippen LogP contribution in [0, 0.1) is 0 Å². The van der Waals surface area contributed by atoms with E-state index in [4.69, 9.17) is 0 Å². The molecule has 0 fully saturated rings. The minimum Gasteiger partial charge on any atom is -0.324 e. The predicted octanol–water partition coefficient (Wildman–Crippen LogP) is 3.22. The second kappa shape index (κ2) is 6.01. The molecule has 0 aliphatic carbocycles. The fraction of sp³-hybridized carbons (Fsp3) is 0.700. The molecule has 1 rings (SSSR count). The highest BCUT2D eigenvalue weighted by Crippen LogP contribution is 2.22. The van der Waals surface area contributed by atoms with Gasteiger partial charge < -0.3 is 9.88 Å². The molecule has 0 aromatic carbocycles. The highest BCUT2D eigenvalue weighted by Gasteiger charge is 2.11. The van der Waals surface area contributed by atoms with Gasteiger partial charge in [-0.1, -0.05) is 13.8 Å². The van der Waals surface area contributed by atoms with Crippen molar-refractivity contribution in [2.75, 3.05) is 0 Å². The summed E-state index contributed by atoms with van der Waals surface area (Å²) in [6, 6.07) is 0.583. The predicted molar refractivity (Wildman–Crippen MR) is 69.8 cm³/mol. The molecule has 86 valence electrons. The molecule has 0 radical (unpaired) electrons. The van der Waals surface area contributed by atoms with Gasteiger partial charge in [0, 0.05) is 13.1 Å². The Morgan fingerprint density at radius 3 is 2.33 bits per heavy atom. The van der Waals surface area contributed by atoms with Gasteiger partial charge in [-0.05, 0) is 44.7 Å². The van der Waals surface area contributed by atoms with Gasteiger partial charge in [0.2, 0.25) is 0 Å². The van der Waals surface area contributed by atoms with Crippen molar-refractivity contribution >= 4 is 31.9 Å². The largest absolute Gasteiger partial charge is 0.324 e. The first-order valence-corrected chi connectivity index (χ1v) is 6.78. The zero-order valence-electron chi connectivity index (χ0n) is 9.35. The lowest BCUT2D eigenvalue weighted by atomic mass is 10.2. The topological polar surface area (TPSA) is 29.9 Å². The van der Waals surface area contributed by atoms with E-state index in [-0.39, 0.29) is 0 Å². The Kier molecular flexibility index (Phi) is 5.29. The van der Waals surface area contributed by atoms with Crippen molar-refractivity contribution in [2.45, 2.75) is 39.3 Å². The first-order chi connectivity index (χ1) is 7.10. The van der Waals surface area contributed by atoms with Gasteiger partial charge in [-0.25, -0.2) is 4.98 Å². The standard InChI is InChI=1S/C10H17Br2N3/c1-4-7(5-2)13-6-8-14-9(11)10(12)15(8)3/h7,13H,4-6H2,1-3H3. The molecular weight excluding hydrogens is 322 g/mol. The molecule has 0 spiro atoms. The molecule has 1 aromatic rings. The van der Waals surface area contributed by atoms with Crippen molar-refractivity contribution in [3.8, 4) is 0 Å². The van der Waals surface area contributed by atoms with E-state index in [1.165, 1.54) is 0 Å². The molecule has 5 heteroatoms. The van der Waals surface area contributed by atoms with Crippen molar-refractivity contribution in [2.24, 2.45) is 7.05 Å². The van der Waals surface area contributed by atoms with Gasteiger partial charge in [-0.15, -0.1) is 0 Å². The molecule has 1 aromatic heterocycles. The lowest BCUT2D eigenvalue weighted by Gasteiger charge is -2.14. The molecule has 0 atom stereocenters. The van der Waals surface area contributed by atoms with Crippen molar-refractivity contribution in [3.05, 3.63) is 15.0 Å². The fourth-order valence-corrected chi connectivity index (χ4v) is 2.22. The van der Waals surface area contributed by atoms with Crippen molar-refractivity contribution in [1.82, 2.24) is 14.9 Å². The smallest absolute Gasteiger partial charge is 0.139 e. The third kappa shape index (κ3) is 3.29. The Morgan fingerprint density at radius 2 is 1.93 bits per heavy atom. The maximum Gasteiger partial charge on any atom is 0.139 e. The van der Waals surface area contributed by atoms with E-state index in [2.05, 4.69) is 56.0 Å². The van der Waals surface area contributed by atoms with Gasteiger partial charge in [0.15, 0.2) is 0 Å². The number of imidazole rings is 1. The number of rotatable bonds is 5. The highest BCUT2D eigenvalue weighted by atomic mass is 79.9. The molecule has 15 heavy (non-hydrogen) atoms. The molecule has 0 bridgehead atoms. The SMILES string of the molecule is CCC(CC)NCc1nc(Br)c(Br)n1C. The van der Waals surface area contributed by atoms with Crippen LogP contribution in [0.2, 0.25) is 0 Å². The van der Waals surface area contributed by atoms with E-state index in [9.17, 15) is 0 Å². The number of hydrogen-bond donors (Lipinski definition) is 1. The molecule has 0 saturated carbocycles. The van der Waals surface area contributed by atoms with Crippen LogP contribution in [0.5, 0.6) is 0 Å². The van der Waals surface area contributed by atoms with E-state index in [0.717, 1.165) is 34.4 Å². The fourth-order valence-electron chi connectivity index (χ4n) is 1.46. The first kappa shape index (κ1) is 13.2. The van der Waals surface area contributed by atoms with E-state index < -0.39 is 0 Å². The minimum atomic E-state index is 0.583. The number of aromatic nitrogens is 2. The summed E-state index contributed by atoms with van der Waals surface area (Å²) < 4.78 is 3.90. The summed E-state index contributed by atoms with van der Waals surface area (Å²) in [5.41, 5.74) is 0. The summed E-state index contributed by atoms with van der Waals surface area (Å²) in [7, 11) is 2.01. The molecule has 1 N–H and O–H groups in total. The molecular formula is C10H17Br2N3. The number of nitrogens with zero attached hydrogens (tertiary/aromatic N) is 2. The number of halogens is 2. The van der Waals surface area contributed by atoms with Crippen LogP contribution >= 0.6 is 31.9 Å². The Morgan fingerprint density at radius 1 is 1.33 bits per heavy atom. The van der Waals surface area contributed by atoms with E-state index in [1.807, 2.05) is 11.6 Å². The van der Waals surface area contributed by atoms with Crippen LogP contribution in [-0.4, -0.2) is 15.6 Å². The van der Waals surface area contributed by atoms with Crippen LogP contribution in [0.4, 0.5) is 0 Å². The number of nitrogens with one attached hydrogen (secondary N) is 1. The highest BCUT2D eigenvalue weighted by molar-refractivity contribution is 9.13. The van der Waals surface area contributed by atoms with Crippen LogP contribution < -0.4 is 5.32 Å². The van der Waals surface area contributed by atoms with Crippen LogP contribution in [0.1, 0.15) is 32.5 Å². The van der Waals surface area contributed by atoms with Crippen molar-refractivity contribution in [1.29, 1.82) is 0 Å². The summed E-state index contributed by atoms with van der Waals surface area (Å²) in [4.78, 5) is 4.42. The molecule has 1 heterocycles.